The monoisotopic (exact) mass is 367 g/mol. The number of thioether (sulfide) groups is 1. The lowest BCUT2D eigenvalue weighted by Crippen LogP contribution is -2.23. The number of aliphatic hydroxyl groups excluding tert-OH is 1. The predicted octanol–water partition coefficient (Wildman–Crippen LogP) is 3.31. The van der Waals surface area contributed by atoms with Crippen LogP contribution in [-0.4, -0.2) is 22.5 Å². The first-order chi connectivity index (χ1) is 11.5. The van der Waals surface area contributed by atoms with Gasteiger partial charge in [-0.3, -0.25) is 9.59 Å². The summed E-state index contributed by atoms with van der Waals surface area (Å²) in [6.07, 6.45) is 6.60. The molecule has 2 N–H and O–H groups in total. The van der Waals surface area contributed by atoms with Gasteiger partial charge in [-0.15, -0.1) is 0 Å². The van der Waals surface area contributed by atoms with Crippen molar-refractivity contribution < 1.29 is 19.4 Å². The first-order valence-corrected chi connectivity index (χ1v) is 9.14. The summed E-state index contributed by atoms with van der Waals surface area (Å²) in [5.74, 6) is 0.253. The molecule has 0 aromatic heterocycles. The van der Waals surface area contributed by atoms with E-state index in [1.807, 2.05) is 0 Å². The third-order valence-electron chi connectivity index (χ3n) is 4.14. The maximum atomic E-state index is 12.0. The van der Waals surface area contributed by atoms with Gasteiger partial charge in [0.1, 0.15) is 5.75 Å². The highest BCUT2D eigenvalue weighted by Crippen LogP contribution is 2.32. The molecule has 1 heterocycles. The summed E-state index contributed by atoms with van der Waals surface area (Å²) in [4.78, 5) is 24.0. The quantitative estimate of drug-likeness (QED) is 0.485. The fourth-order valence-corrected chi connectivity index (χ4v) is 3.93. The molecular weight excluding hydrogens is 350 g/mol. The second kappa shape index (κ2) is 7.59. The number of aliphatic hydroxyl groups is 1. The van der Waals surface area contributed by atoms with Crippen molar-refractivity contribution in [3.05, 3.63) is 33.7 Å². The molecule has 0 bridgehead atoms. The summed E-state index contributed by atoms with van der Waals surface area (Å²) < 4.78 is 5.35. The Morgan fingerprint density at radius 3 is 2.79 bits per heavy atom. The van der Waals surface area contributed by atoms with Crippen molar-refractivity contribution in [3.63, 3.8) is 0 Å². The zero-order valence-corrected chi connectivity index (χ0v) is 14.5. The number of amides is 1. The van der Waals surface area contributed by atoms with Crippen LogP contribution in [0.25, 0.3) is 6.08 Å². The highest BCUT2D eigenvalue weighted by Gasteiger charge is 2.25. The molecule has 24 heavy (non-hydrogen) atoms. The standard InChI is InChI=1S/C17H18ClNO4S/c18-13-9-12(23-15(20)7-10-3-1-2-4-10)6-5-11(13)8-14-16(21)19-17(22)24-14/h5-6,8-10,17,22H,1-4,7H2,(H,19,21)/b14-8-. The molecule has 1 amide bonds. The molecule has 1 atom stereocenters. The predicted molar refractivity (Wildman–Crippen MR) is 93.4 cm³/mol. The average molecular weight is 368 g/mol. The number of esters is 1. The molecule has 1 aromatic rings. The van der Waals surface area contributed by atoms with E-state index in [4.69, 9.17) is 16.3 Å². The Bertz CT molecular complexity index is 685. The molecular formula is C17H18ClNO4S. The Morgan fingerprint density at radius 1 is 1.42 bits per heavy atom. The van der Waals surface area contributed by atoms with Crippen LogP contribution in [0.15, 0.2) is 23.1 Å². The Balaban J connectivity index is 1.65. The van der Waals surface area contributed by atoms with Crippen molar-refractivity contribution >= 4 is 41.3 Å². The van der Waals surface area contributed by atoms with Crippen LogP contribution in [0.1, 0.15) is 37.7 Å². The molecule has 5 nitrogen and oxygen atoms in total. The number of nitrogens with one attached hydrogen (secondary N) is 1. The minimum Gasteiger partial charge on any atom is -0.426 e. The van der Waals surface area contributed by atoms with E-state index in [9.17, 15) is 14.7 Å². The van der Waals surface area contributed by atoms with Gasteiger partial charge in [-0.25, -0.2) is 0 Å². The van der Waals surface area contributed by atoms with Crippen molar-refractivity contribution in [2.75, 3.05) is 0 Å². The van der Waals surface area contributed by atoms with Gasteiger partial charge >= 0.3 is 5.97 Å². The van der Waals surface area contributed by atoms with Crippen LogP contribution in [0.3, 0.4) is 0 Å². The molecule has 0 spiro atoms. The highest BCUT2D eigenvalue weighted by molar-refractivity contribution is 8.05. The van der Waals surface area contributed by atoms with Gasteiger partial charge in [-0.05, 0) is 42.5 Å². The third-order valence-corrected chi connectivity index (χ3v) is 5.36. The normalized spacial score (nSPS) is 22.8. The molecule has 128 valence electrons. The zero-order chi connectivity index (χ0) is 17.1. The number of halogens is 1. The van der Waals surface area contributed by atoms with Crippen molar-refractivity contribution in [2.45, 2.75) is 37.7 Å². The lowest BCUT2D eigenvalue weighted by Gasteiger charge is -2.09. The second-order valence-electron chi connectivity index (χ2n) is 5.96. The summed E-state index contributed by atoms with van der Waals surface area (Å²) >= 11 is 7.23. The first-order valence-electron chi connectivity index (χ1n) is 7.89. The van der Waals surface area contributed by atoms with E-state index in [1.54, 1.807) is 24.3 Å². The zero-order valence-electron chi connectivity index (χ0n) is 13.0. The fourth-order valence-electron chi connectivity index (χ4n) is 2.94. The third kappa shape index (κ3) is 4.32. The van der Waals surface area contributed by atoms with Gasteiger partial charge in [-0.1, -0.05) is 36.2 Å². The smallest absolute Gasteiger partial charge is 0.311 e. The van der Waals surface area contributed by atoms with Crippen LogP contribution in [0.4, 0.5) is 0 Å². The van der Waals surface area contributed by atoms with Gasteiger partial charge in [0.25, 0.3) is 5.91 Å². The van der Waals surface area contributed by atoms with Gasteiger partial charge < -0.3 is 15.2 Å². The summed E-state index contributed by atoms with van der Waals surface area (Å²) in [7, 11) is 0. The lowest BCUT2D eigenvalue weighted by atomic mass is 10.0. The molecule has 1 saturated heterocycles. The van der Waals surface area contributed by atoms with Crippen molar-refractivity contribution in [3.8, 4) is 5.75 Å². The minimum atomic E-state index is -0.932. The Kier molecular flexibility index (Phi) is 5.48. The Hall–Kier alpha value is -1.50. The molecule has 1 aromatic carbocycles. The molecule has 1 saturated carbocycles. The van der Waals surface area contributed by atoms with Crippen LogP contribution in [0.2, 0.25) is 5.02 Å². The number of rotatable bonds is 4. The second-order valence-corrected chi connectivity index (χ2v) is 7.49. The molecule has 1 aliphatic carbocycles. The van der Waals surface area contributed by atoms with Crippen LogP contribution in [0, 0.1) is 5.92 Å². The summed E-state index contributed by atoms with van der Waals surface area (Å²) in [6.45, 7) is 0. The Morgan fingerprint density at radius 2 is 2.17 bits per heavy atom. The topological polar surface area (TPSA) is 75.6 Å². The average Bonchev–Trinajstić information content (AvgIpc) is 3.12. The van der Waals surface area contributed by atoms with Gasteiger partial charge in [0.15, 0.2) is 5.56 Å². The van der Waals surface area contributed by atoms with E-state index in [2.05, 4.69) is 5.32 Å². The van der Waals surface area contributed by atoms with Crippen LogP contribution >= 0.6 is 23.4 Å². The maximum absolute atomic E-state index is 12.0. The van der Waals surface area contributed by atoms with E-state index in [0.717, 1.165) is 24.6 Å². The molecule has 0 radical (unpaired) electrons. The van der Waals surface area contributed by atoms with Gasteiger partial charge in [0, 0.05) is 12.5 Å². The number of carbonyl (C=O) groups is 2. The van der Waals surface area contributed by atoms with Crippen molar-refractivity contribution in [1.82, 2.24) is 5.32 Å². The van der Waals surface area contributed by atoms with E-state index in [1.165, 1.54) is 12.8 Å². The minimum absolute atomic E-state index is 0.238. The molecule has 7 heteroatoms. The largest absolute Gasteiger partial charge is 0.426 e. The van der Waals surface area contributed by atoms with Crippen molar-refractivity contribution in [2.24, 2.45) is 5.92 Å². The number of hydrogen-bond acceptors (Lipinski definition) is 5. The molecule has 2 aliphatic rings. The van der Waals surface area contributed by atoms with E-state index >= 15 is 0 Å². The fraction of sp³-hybridized carbons (Fsp3) is 0.412. The van der Waals surface area contributed by atoms with Gasteiger partial charge in [-0.2, -0.15) is 0 Å². The van der Waals surface area contributed by atoms with Crippen LogP contribution < -0.4 is 10.1 Å². The molecule has 1 unspecified atom stereocenters. The lowest BCUT2D eigenvalue weighted by molar-refractivity contribution is -0.135. The highest BCUT2D eigenvalue weighted by atomic mass is 35.5. The van der Waals surface area contributed by atoms with Crippen LogP contribution in [-0.2, 0) is 9.59 Å². The molecule has 2 fully saturated rings. The number of ether oxygens (including phenoxy) is 1. The van der Waals surface area contributed by atoms with Crippen LogP contribution in [0.5, 0.6) is 5.75 Å². The number of carbonyl (C=O) groups excluding carboxylic acids is 2. The van der Waals surface area contributed by atoms with E-state index < -0.39 is 5.56 Å². The van der Waals surface area contributed by atoms with Crippen molar-refractivity contribution in [1.29, 1.82) is 0 Å². The Labute approximate surface area is 149 Å². The van der Waals surface area contributed by atoms with E-state index in [0.29, 0.717) is 33.6 Å². The summed E-state index contributed by atoms with van der Waals surface area (Å²) in [5, 5.41) is 12.1. The SMILES string of the molecule is O=C(CC1CCCC1)Oc1ccc(/C=C2\SC(O)NC2=O)c(Cl)c1. The first kappa shape index (κ1) is 17.3. The molecule has 1 aliphatic heterocycles. The number of benzene rings is 1. The molecule has 3 rings (SSSR count). The van der Waals surface area contributed by atoms with Gasteiger partial charge in [0.05, 0.1) is 9.93 Å². The van der Waals surface area contributed by atoms with Gasteiger partial charge in [0.2, 0.25) is 0 Å². The number of hydrogen-bond donors (Lipinski definition) is 2. The summed E-state index contributed by atoms with van der Waals surface area (Å²) in [5.41, 5.74) is -0.308. The maximum Gasteiger partial charge on any atom is 0.311 e. The summed E-state index contributed by atoms with van der Waals surface area (Å²) in [6, 6.07) is 4.90. The van der Waals surface area contributed by atoms with E-state index in [-0.39, 0.29) is 11.9 Å².